The highest BCUT2D eigenvalue weighted by Crippen LogP contribution is 2.31. The number of carbonyl (C=O) groups excluding carboxylic acids is 2. The van der Waals surface area contributed by atoms with E-state index in [0.717, 1.165) is 17.8 Å². The predicted molar refractivity (Wildman–Crippen MR) is 125 cm³/mol. The molecule has 0 aromatic heterocycles. The summed E-state index contributed by atoms with van der Waals surface area (Å²) in [5, 5.41) is 11.7. The molecular formula is C21H17Cl2N3O5S. The fourth-order valence-corrected chi connectivity index (χ4v) is 3.74. The van der Waals surface area contributed by atoms with E-state index >= 15 is 0 Å². The Morgan fingerprint density at radius 3 is 2.59 bits per heavy atom. The molecule has 1 amide bonds. The molecule has 0 atom stereocenters. The summed E-state index contributed by atoms with van der Waals surface area (Å²) in [6.07, 6.45) is 2.57. The summed E-state index contributed by atoms with van der Waals surface area (Å²) in [7, 11) is 2.76. The number of thioether (sulfide) groups is 1. The van der Waals surface area contributed by atoms with Crippen molar-refractivity contribution in [1.82, 2.24) is 5.32 Å². The van der Waals surface area contributed by atoms with E-state index in [9.17, 15) is 9.59 Å². The zero-order valence-corrected chi connectivity index (χ0v) is 19.3. The van der Waals surface area contributed by atoms with Gasteiger partial charge in [-0.25, -0.2) is 4.79 Å². The first-order chi connectivity index (χ1) is 15.4. The number of ether oxygens (including phenoxy) is 3. The highest BCUT2D eigenvalue weighted by atomic mass is 35.5. The molecule has 0 spiro atoms. The average molecular weight is 494 g/mol. The standard InChI is InChI=1S/C21H17Cl2N3O5S/c1-29-16-7-6-12(8-17(16)31-11-13-14(22)4-3-5-15(13)23)10-24-26-21-25-20(28)18(32-21)9-19(27)30-2/h3-10H,11H2,1-2H3,(H,25,26,28)/b18-9+,24-10?. The first kappa shape index (κ1) is 23.6. The number of hydrogen-bond acceptors (Lipinski definition) is 8. The Balaban J connectivity index is 1.72. The Hall–Kier alpha value is -3.01. The SMILES string of the molecule is COC(=O)/C=C1/S/C(=N\N=Cc2ccc(OC)c(OCc3c(Cl)cccc3Cl)c2)NC1=O. The Morgan fingerprint density at radius 1 is 1.16 bits per heavy atom. The smallest absolute Gasteiger partial charge is 0.331 e. The van der Waals surface area contributed by atoms with Crippen LogP contribution in [0.5, 0.6) is 11.5 Å². The molecule has 32 heavy (non-hydrogen) atoms. The predicted octanol–water partition coefficient (Wildman–Crippen LogP) is 4.19. The number of benzene rings is 2. The first-order valence-electron chi connectivity index (χ1n) is 9.05. The van der Waals surface area contributed by atoms with Gasteiger partial charge in [0.15, 0.2) is 16.7 Å². The largest absolute Gasteiger partial charge is 0.493 e. The maximum atomic E-state index is 11.8. The molecule has 0 aliphatic carbocycles. The van der Waals surface area contributed by atoms with E-state index in [2.05, 4.69) is 20.3 Å². The summed E-state index contributed by atoms with van der Waals surface area (Å²) in [6, 6.07) is 10.4. The zero-order chi connectivity index (χ0) is 23.1. The van der Waals surface area contributed by atoms with Crippen molar-refractivity contribution in [3.63, 3.8) is 0 Å². The normalized spacial score (nSPS) is 15.9. The van der Waals surface area contributed by atoms with Gasteiger partial charge in [-0.05, 0) is 47.7 Å². The molecule has 2 aromatic rings. The van der Waals surface area contributed by atoms with Crippen LogP contribution in [0.3, 0.4) is 0 Å². The van der Waals surface area contributed by atoms with Crippen molar-refractivity contribution in [2.45, 2.75) is 6.61 Å². The topological polar surface area (TPSA) is 98.6 Å². The van der Waals surface area contributed by atoms with Gasteiger partial charge in [-0.15, -0.1) is 5.10 Å². The number of carbonyl (C=O) groups is 2. The minimum atomic E-state index is -0.628. The van der Waals surface area contributed by atoms with E-state index in [1.54, 1.807) is 36.4 Å². The van der Waals surface area contributed by atoms with Gasteiger partial charge in [0.2, 0.25) is 0 Å². The van der Waals surface area contributed by atoms with Gasteiger partial charge in [0.1, 0.15) is 6.61 Å². The molecule has 8 nitrogen and oxygen atoms in total. The summed E-state index contributed by atoms with van der Waals surface area (Å²) < 4.78 is 15.7. The number of hydrogen-bond donors (Lipinski definition) is 1. The molecule has 166 valence electrons. The molecule has 0 saturated carbocycles. The molecular weight excluding hydrogens is 477 g/mol. The molecule has 1 aliphatic rings. The van der Waals surface area contributed by atoms with E-state index in [0.29, 0.717) is 32.7 Å². The van der Waals surface area contributed by atoms with Crippen LogP contribution in [-0.4, -0.2) is 37.5 Å². The molecule has 1 heterocycles. The summed E-state index contributed by atoms with van der Waals surface area (Å²) in [4.78, 5) is 23.3. The van der Waals surface area contributed by atoms with Crippen LogP contribution in [0.2, 0.25) is 10.0 Å². The van der Waals surface area contributed by atoms with Crippen molar-refractivity contribution in [2.75, 3.05) is 14.2 Å². The Labute approximate surface area is 198 Å². The lowest BCUT2D eigenvalue weighted by Gasteiger charge is -2.13. The Kier molecular flexibility index (Phi) is 8.15. The quantitative estimate of drug-likeness (QED) is 0.268. The summed E-state index contributed by atoms with van der Waals surface area (Å²) in [6.45, 7) is 0.149. The van der Waals surface area contributed by atoms with Gasteiger partial charge in [0.05, 0.1) is 25.3 Å². The lowest BCUT2D eigenvalue weighted by Crippen LogP contribution is -2.19. The maximum absolute atomic E-state index is 11.8. The third-order valence-electron chi connectivity index (χ3n) is 4.08. The van der Waals surface area contributed by atoms with E-state index < -0.39 is 11.9 Å². The molecule has 1 aliphatic heterocycles. The number of rotatable bonds is 7. The van der Waals surface area contributed by atoms with Crippen molar-refractivity contribution in [2.24, 2.45) is 10.2 Å². The number of esters is 1. The van der Waals surface area contributed by atoms with E-state index in [4.69, 9.17) is 32.7 Å². The van der Waals surface area contributed by atoms with Gasteiger partial charge >= 0.3 is 5.97 Å². The van der Waals surface area contributed by atoms with Crippen molar-refractivity contribution < 1.29 is 23.8 Å². The van der Waals surface area contributed by atoms with E-state index in [-0.39, 0.29) is 16.7 Å². The minimum absolute atomic E-state index is 0.149. The Morgan fingerprint density at radius 2 is 1.91 bits per heavy atom. The van der Waals surface area contributed by atoms with Crippen molar-refractivity contribution in [3.05, 3.63) is 68.6 Å². The third-order valence-corrected chi connectivity index (χ3v) is 5.69. The van der Waals surface area contributed by atoms with Crippen LogP contribution in [0.4, 0.5) is 0 Å². The summed E-state index contributed by atoms with van der Waals surface area (Å²) in [5.74, 6) is -0.0938. The van der Waals surface area contributed by atoms with Gasteiger partial charge in [-0.1, -0.05) is 29.3 Å². The fraction of sp³-hybridized carbons (Fsp3) is 0.143. The number of amides is 1. The lowest BCUT2D eigenvalue weighted by molar-refractivity contribution is -0.135. The summed E-state index contributed by atoms with van der Waals surface area (Å²) in [5.41, 5.74) is 1.34. The second-order valence-electron chi connectivity index (χ2n) is 6.14. The number of nitrogens with zero attached hydrogens (tertiary/aromatic N) is 2. The second-order valence-corrected chi connectivity index (χ2v) is 7.98. The Bertz CT molecular complexity index is 1110. The molecule has 11 heteroatoms. The molecule has 3 rings (SSSR count). The second kappa shape index (κ2) is 11.0. The van der Waals surface area contributed by atoms with Crippen molar-refractivity contribution in [3.8, 4) is 11.5 Å². The van der Waals surface area contributed by atoms with Crippen molar-refractivity contribution >= 4 is 58.2 Å². The number of amidine groups is 1. The summed E-state index contributed by atoms with van der Waals surface area (Å²) >= 11 is 13.4. The number of halogens is 2. The van der Waals surface area contributed by atoms with Gasteiger partial charge in [-0.3, -0.25) is 10.1 Å². The van der Waals surface area contributed by atoms with Gasteiger partial charge in [0, 0.05) is 21.7 Å². The van der Waals surface area contributed by atoms with Crippen LogP contribution in [0.1, 0.15) is 11.1 Å². The van der Waals surface area contributed by atoms with E-state index in [1.165, 1.54) is 20.4 Å². The fourth-order valence-electron chi connectivity index (χ4n) is 2.50. The monoisotopic (exact) mass is 493 g/mol. The molecule has 0 unspecified atom stereocenters. The highest BCUT2D eigenvalue weighted by Gasteiger charge is 2.25. The number of methoxy groups -OCH3 is 2. The van der Waals surface area contributed by atoms with Crippen LogP contribution >= 0.6 is 35.0 Å². The molecule has 2 aromatic carbocycles. The zero-order valence-electron chi connectivity index (χ0n) is 16.9. The van der Waals surface area contributed by atoms with Gasteiger partial charge in [-0.2, -0.15) is 5.10 Å². The van der Waals surface area contributed by atoms with Crippen LogP contribution in [0, 0.1) is 0 Å². The molecule has 1 saturated heterocycles. The number of nitrogens with one attached hydrogen (secondary N) is 1. The minimum Gasteiger partial charge on any atom is -0.493 e. The van der Waals surface area contributed by atoms with Crippen LogP contribution in [0.15, 0.2) is 57.6 Å². The third kappa shape index (κ3) is 6.03. The van der Waals surface area contributed by atoms with Crippen LogP contribution in [-0.2, 0) is 20.9 Å². The first-order valence-corrected chi connectivity index (χ1v) is 10.6. The van der Waals surface area contributed by atoms with E-state index in [1.807, 2.05) is 0 Å². The molecule has 1 fully saturated rings. The molecule has 0 radical (unpaired) electrons. The maximum Gasteiger partial charge on any atom is 0.331 e. The van der Waals surface area contributed by atoms with Crippen LogP contribution in [0.25, 0.3) is 0 Å². The van der Waals surface area contributed by atoms with Crippen molar-refractivity contribution in [1.29, 1.82) is 0 Å². The highest BCUT2D eigenvalue weighted by molar-refractivity contribution is 8.18. The van der Waals surface area contributed by atoms with Gasteiger partial charge in [0.25, 0.3) is 5.91 Å². The average Bonchev–Trinajstić information content (AvgIpc) is 3.12. The van der Waals surface area contributed by atoms with Crippen LogP contribution < -0.4 is 14.8 Å². The lowest BCUT2D eigenvalue weighted by atomic mass is 10.2. The molecule has 1 N–H and O–H groups in total. The molecule has 0 bridgehead atoms. The van der Waals surface area contributed by atoms with Gasteiger partial charge < -0.3 is 14.2 Å².